The lowest BCUT2D eigenvalue weighted by atomic mass is 9.85. The summed E-state index contributed by atoms with van der Waals surface area (Å²) in [5, 5.41) is 13.5. The smallest absolute Gasteiger partial charge is 0.240 e. The first-order valence-electron chi connectivity index (χ1n) is 12.7. The molecule has 0 radical (unpaired) electrons. The second-order valence-electron chi connectivity index (χ2n) is 10.6. The molecule has 1 heterocycles. The van der Waals surface area contributed by atoms with E-state index in [0.717, 1.165) is 5.56 Å². The molecule has 1 saturated carbocycles. The number of fused-ring (bicyclic) bond motifs is 1. The first-order chi connectivity index (χ1) is 17.9. The van der Waals surface area contributed by atoms with E-state index in [-0.39, 0.29) is 41.2 Å². The van der Waals surface area contributed by atoms with Crippen molar-refractivity contribution in [2.24, 2.45) is 5.92 Å². The number of benzene rings is 2. The van der Waals surface area contributed by atoms with Crippen molar-refractivity contribution in [2.75, 3.05) is 6.61 Å². The zero-order valence-corrected chi connectivity index (χ0v) is 22.6. The Morgan fingerprint density at radius 3 is 2.45 bits per heavy atom. The van der Waals surface area contributed by atoms with Gasteiger partial charge in [-0.1, -0.05) is 12.1 Å². The lowest BCUT2D eigenvalue weighted by Gasteiger charge is -2.29. The maximum atomic E-state index is 13.2. The minimum absolute atomic E-state index is 0.0731. The van der Waals surface area contributed by atoms with Gasteiger partial charge in [-0.25, -0.2) is 22.5 Å². The molecule has 1 atom stereocenters. The zero-order valence-electron chi connectivity index (χ0n) is 21.8. The van der Waals surface area contributed by atoms with Gasteiger partial charge in [-0.2, -0.15) is 0 Å². The van der Waals surface area contributed by atoms with Crippen molar-refractivity contribution in [3.8, 4) is 5.88 Å². The number of aromatic nitrogens is 1. The van der Waals surface area contributed by atoms with E-state index in [1.54, 1.807) is 50.2 Å². The number of amides is 1. The van der Waals surface area contributed by atoms with Crippen molar-refractivity contribution in [3.05, 3.63) is 66.0 Å². The van der Waals surface area contributed by atoms with Gasteiger partial charge in [0.1, 0.15) is 12.4 Å². The lowest BCUT2D eigenvalue weighted by molar-refractivity contribution is -0.126. The van der Waals surface area contributed by atoms with Crippen molar-refractivity contribution in [3.63, 3.8) is 0 Å². The van der Waals surface area contributed by atoms with Crippen molar-refractivity contribution in [1.82, 2.24) is 15.0 Å². The van der Waals surface area contributed by atoms with Gasteiger partial charge in [0.15, 0.2) is 0 Å². The fourth-order valence-electron chi connectivity index (χ4n) is 4.51. The Bertz CT molecular complexity index is 1380. The molecule has 0 spiro atoms. The van der Waals surface area contributed by atoms with Crippen LogP contribution in [0.4, 0.5) is 4.39 Å². The molecule has 3 aromatic rings. The SMILES string of the molecule is C[C@@H](NC(=O)[C@H]1CC[C@H](NS(=O)(=O)c2ccc3nc(OCC(C)(C)O)ccc3c2)CC1)c1ccc(F)cc1. The number of sulfonamides is 1. The van der Waals surface area contributed by atoms with Gasteiger partial charge < -0.3 is 15.2 Å². The topological polar surface area (TPSA) is 118 Å². The van der Waals surface area contributed by atoms with Crippen LogP contribution in [0, 0.1) is 11.7 Å². The third-order valence-electron chi connectivity index (χ3n) is 6.67. The summed E-state index contributed by atoms with van der Waals surface area (Å²) < 4.78 is 47.6. The summed E-state index contributed by atoms with van der Waals surface area (Å²) in [6, 6.07) is 13.6. The number of hydrogen-bond acceptors (Lipinski definition) is 6. The maximum Gasteiger partial charge on any atom is 0.240 e. The van der Waals surface area contributed by atoms with Crippen molar-refractivity contribution in [2.45, 2.75) is 69.0 Å². The number of halogens is 1. The van der Waals surface area contributed by atoms with Crippen LogP contribution in [0.3, 0.4) is 0 Å². The van der Waals surface area contributed by atoms with Crippen LogP contribution >= 0.6 is 0 Å². The molecular formula is C28H34FN3O5S. The zero-order chi connectivity index (χ0) is 27.5. The van der Waals surface area contributed by atoms with Crippen LogP contribution in [0.15, 0.2) is 59.5 Å². The molecule has 1 aromatic heterocycles. The quantitative estimate of drug-likeness (QED) is 0.372. The normalized spacial score (nSPS) is 19.2. The second kappa shape index (κ2) is 11.3. The molecule has 38 heavy (non-hydrogen) atoms. The van der Waals surface area contributed by atoms with Crippen LogP contribution in [0.5, 0.6) is 5.88 Å². The molecule has 2 aromatic carbocycles. The van der Waals surface area contributed by atoms with E-state index in [0.29, 0.717) is 42.5 Å². The molecule has 4 rings (SSSR count). The average molecular weight is 544 g/mol. The van der Waals surface area contributed by atoms with E-state index < -0.39 is 15.6 Å². The van der Waals surface area contributed by atoms with Crippen molar-refractivity contribution < 1.29 is 27.4 Å². The Labute approximate surface area is 222 Å². The Morgan fingerprint density at radius 1 is 1.11 bits per heavy atom. The summed E-state index contributed by atoms with van der Waals surface area (Å²) in [5.74, 6) is -0.244. The Kier molecular flexibility index (Phi) is 8.34. The molecule has 0 aliphatic heterocycles. The van der Waals surface area contributed by atoms with Gasteiger partial charge in [-0.05, 0) is 88.4 Å². The molecule has 1 aliphatic rings. The van der Waals surface area contributed by atoms with Gasteiger partial charge in [-0.15, -0.1) is 0 Å². The highest BCUT2D eigenvalue weighted by molar-refractivity contribution is 7.89. The van der Waals surface area contributed by atoms with E-state index in [4.69, 9.17) is 4.74 Å². The number of hydrogen-bond donors (Lipinski definition) is 3. The van der Waals surface area contributed by atoms with Gasteiger partial charge in [0.25, 0.3) is 0 Å². The molecule has 1 fully saturated rings. The summed E-state index contributed by atoms with van der Waals surface area (Å²) in [6.45, 7) is 5.21. The average Bonchev–Trinajstić information content (AvgIpc) is 2.87. The monoisotopic (exact) mass is 543 g/mol. The van der Waals surface area contributed by atoms with Gasteiger partial charge in [0, 0.05) is 23.4 Å². The highest BCUT2D eigenvalue weighted by Gasteiger charge is 2.30. The minimum atomic E-state index is -3.76. The number of nitrogens with zero attached hydrogens (tertiary/aromatic N) is 1. The molecule has 0 bridgehead atoms. The molecule has 0 saturated heterocycles. The van der Waals surface area contributed by atoms with E-state index in [9.17, 15) is 22.7 Å². The third-order valence-corrected chi connectivity index (χ3v) is 8.19. The summed E-state index contributed by atoms with van der Waals surface area (Å²) in [5.41, 5.74) is 0.411. The Morgan fingerprint density at radius 2 is 1.79 bits per heavy atom. The summed E-state index contributed by atoms with van der Waals surface area (Å²) in [4.78, 5) is 17.3. The second-order valence-corrected chi connectivity index (χ2v) is 12.3. The molecule has 204 valence electrons. The number of ether oxygens (including phenoxy) is 1. The first kappa shape index (κ1) is 27.9. The molecule has 8 nitrogen and oxygen atoms in total. The Hall–Kier alpha value is -3.08. The molecule has 1 amide bonds. The predicted molar refractivity (Wildman–Crippen MR) is 143 cm³/mol. The summed E-state index contributed by atoms with van der Waals surface area (Å²) in [6.07, 6.45) is 2.26. The molecule has 1 aliphatic carbocycles. The van der Waals surface area contributed by atoms with E-state index in [1.165, 1.54) is 18.2 Å². The number of nitrogens with one attached hydrogen (secondary N) is 2. The molecule has 0 unspecified atom stereocenters. The standard InChI is InChI=1S/C28H34FN3O5S/c1-18(19-4-9-22(29)10-5-19)30-27(33)20-6-11-23(12-7-20)32-38(35,36)24-13-14-25-21(16-24)8-15-26(31-25)37-17-28(2,3)34/h4-5,8-10,13-16,18,20,23,32,34H,6-7,11-12,17H2,1-3H3,(H,30,33)/t18-,20-,23-/m1/s1. The van der Waals surface area contributed by atoms with Crippen LogP contribution in [-0.4, -0.2) is 42.7 Å². The van der Waals surface area contributed by atoms with Crippen LogP contribution in [0.25, 0.3) is 10.9 Å². The number of pyridine rings is 1. The number of carbonyl (C=O) groups is 1. The highest BCUT2D eigenvalue weighted by Crippen LogP contribution is 2.28. The molecule has 10 heteroatoms. The number of aliphatic hydroxyl groups is 1. The number of rotatable bonds is 9. The third kappa shape index (κ3) is 7.27. The summed E-state index contributed by atoms with van der Waals surface area (Å²) in [7, 11) is -3.76. The molecular weight excluding hydrogens is 509 g/mol. The predicted octanol–water partition coefficient (Wildman–Crippen LogP) is 4.24. The van der Waals surface area contributed by atoms with E-state index in [1.807, 2.05) is 6.92 Å². The summed E-state index contributed by atoms with van der Waals surface area (Å²) >= 11 is 0. The van der Waals surface area contributed by atoms with Crippen LogP contribution < -0.4 is 14.8 Å². The highest BCUT2D eigenvalue weighted by atomic mass is 32.2. The van der Waals surface area contributed by atoms with Gasteiger partial charge in [0.2, 0.25) is 21.8 Å². The van der Waals surface area contributed by atoms with E-state index in [2.05, 4.69) is 15.0 Å². The number of carbonyl (C=O) groups excluding carboxylic acids is 1. The van der Waals surface area contributed by atoms with Crippen LogP contribution in [0.2, 0.25) is 0 Å². The van der Waals surface area contributed by atoms with Gasteiger partial charge in [-0.3, -0.25) is 4.79 Å². The van der Waals surface area contributed by atoms with Gasteiger partial charge >= 0.3 is 0 Å². The van der Waals surface area contributed by atoms with E-state index >= 15 is 0 Å². The van der Waals surface area contributed by atoms with Gasteiger partial charge in [0.05, 0.1) is 22.1 Å². The lowest BCUT2D eigenvalue weighted by Crippen LogP contribution is -2.41. The fraction of sp³-hybridized carbons (Fsp3) is 0.429. The maximum absolute atomic E-state index is 13.2. The largest absolute Gasteiger partial charge is 0.475 e. The first-order valence-corrected chi connectivity index (χ1v) is 14.2. The Balaban J connectivity index is 1.32. The fourth-order valence-corrected chi connectivity index (χ4v) is 5.85. The van der Waals surface area contributed by atoms with Crippen LogP contribution in [-0.2, 0) is 14.8 Å². The van der Waals surface area contributed by atoms with Crippen molar-refractivity contribution >= 4 is 26.8 Å². The molecule has 3 N–H and O–H groups in total. The van der Waals surface area contributed by atoms with Crippen LogP contribution in [0.1, 0.15) is 58.1 Å². The minimum Gasteiger partial charge on any atom is -0.475 e. The van der Waals surface area contributed by atoms with Crippen molar-refractivity contribution in [1.29, 1.82) is 0 Å².